The third kappa shape index (κ3) is 3.29. The van der Waals surface area contributed by atoms with E-state index in [1.165, 1.54) is 11.1 Å². The van der Waals surface area contributed by atoms with Crippen molar-refractivity contribution in [1.29, 1.82) is 0 Å². The highest BCUT2D eigenvalue weighted by Gasteiger charge is 2.02. The van der Waals surface area contributed by atoms with Crippen LogP contribution in [0.5, 0.6) is 0 Å². The van der Waals surface area contributed by atoms with Crippen molar-refractivity contribution in [3.8, 4) is 0 Å². The molecule has 1 aromatic heterocycles. The Morgan fingerprint density at radius 2 is 1.88 bits per heavy atom. The highest BCUT2D eigenvalue weighted by molar-refractivity contribution is 6.31. The molecule has 2 nitrogen and oxygen atoms in total. The predicted octanol–water partition coefficient (Wildman–Crippen LogP) is 3.05. The van der Waals surface area contributed by atoms with Crippen LogP contribution in [-0.4, -0.2) is 12.0 Å². The van der Waals surface area contributed by atoms with Gasteiger partial charge in [-0.05, 0) is 48.4 Å². The molecule has 17 heavy (non-hydrogen) atoms. The van der Waals surface area contributed by atoms with Crippen molar-refractivity contribution in [3.05, 3.63) is 64.4 Å². The zero-order chi connectivity index (χ0) is 12.1. The molecule has 0 saturated carbocycles. The van der Waals surface area contributed by atoms with E-state index < -0.39 is 0 Å². The summed E-state index contributed by atoms with van der Waals surface area (Å²) >= 11 is 6.22. The van der Waals surface area contributed by atoms with Gasteiger partial charge in [-0.25, -0.2) is 0 Å². The Morgan fingerprint density at radius 1 is 1.12 bits per heavy atom. The molecule has 0 unspecified atom stereocenters. The molecule has 88 valence electrons. The number of halogens is 1. The lowest BCUT2D eigenvalue weighted by Gasteiger charge is -2.07. The van der Waals surface area contributed by atoms with Crippen LogP contribution in [0.4, 0.5) is 0 Å². The van der Waals surface area contributed by atoms with E-state index in [0.717, 1.165) is 23.6 Å². The Morgan fingerprint density at radius 3 is 2.53 bits per heavy atom. The average molecular weight is 247 g/mol. The Hall–Kier alpha value is -1.38. The standard InChI is InChI=1S/C14H15ClN2/c1-16-10-13-3-2-12(9-14(13)15)8-11-4-6-17-7-5-11/h2-7,9,16H,8,10H2,1H3. The molecule has 0 saturated heterocycles. The first-order valence-electron chi connectivity index (χ1n) is 5.60. The number of rotatable bonds is 4. The first-order valence-corrected chi connectivity index (χ1v) is 5.98. The summed E-state index contributed by atoms with van der Waals surface area (Å²) in [5.74, 6) is 0. The second-order valence-corrected chi connectivity index (χ2v) is 4.40. The normalized spacial score (nSPS) is 10.5. The molecular formula is C14H15ClN2. The molecule has 3 heteroatoms. The lowest BCUT2D eigenvalue weighted by atomic mass is 10.0. The number of hydrogen-bond acceptors (Lipinski definition) is 2. The van der Waals surface area contributed by atoms with Gasteiger partial charge in [-0.15, -0.1) is 0 Å². The van der Waals surface area contributed by atoms with Crippen LogP contribution in [0.1, 0.15) is 16.7 Å². The van der Waals surface area contributed by atoms with Crippen LogP contribution in [0.3, 0.4) is 0 Å². The summed E-state index contributed by atoms with van der Waals surface area (Å²) in [6.45, 7) is 0.800. The molecule has 1 N–H and O–H groups in total. The lowest BCUT2D eigenvalue weighted by Crippen LogP contribution is -2.05. The zero-order valence-corrected chi connectivity index (χ0v) is 10.5. The fourth-order valence-corrected chi connectivity index (χ4v) is 2.04. The molecule has 0 aliphatic carbocycles. The topological polar surface area (TPSA) is 24.9 Å². The van der Waals surface area contributed by atoms with Crippen molar-refractivity contribution in [3.63, 3.8) is 0 Å². The van der Waals surface area contributed by atoms with Gasteiger partial charge in [0.05, 0.1) is 0 Å². The van der Waals surface area contributed by atoms with Crippen molar-refractivity contribution in [2.24, 2.45) is 0 Å². The zero-order valence-electron chi connectivity index (χ0n) is 9.78. The third-order valence-electron chi connectivity index (χ3n) is 2.64. The predicted molar refractivity (Wildman–Crippen MR) is 71.3 cm³/mol. The molecular weight excluding hydrogens is 232 g/mol. The Balaban J connectivity index is 2.15. The maximum Gasteiger partial charge on any atom is 0.0453 e. The van der Waals surface area contributed by atoms with E-state index in [1.54, 1.807) is 0 Å². The molecule has 2 aromatic rings. The molecule has 0 amide bonds. The van der Waals surface area contributed by atoms with E-state index >= 15 is 0 Å². The van der Waals surface area contributed by atoms with Crippen molar-refractivity contribution in [2.75, 3.05) is 7.05 Å². The molecule has 0 spiro atoms. The molecule has 2 rings (SSSR count). The number of nitrogens with one attached hydrogen (secondary N) is 1. The minimum absolute atomic E-state index is 0.800. The van der Waals surface area contributed by atoms with Gasteiger partial charge in [0.15, 0.2) is 0 Å². The van der Waals surface area contributed by atoms with Crippen molar-refractivity contribution in [2.45, 2.75) is 13.0 Å². The number of aromatic nitrogens is 1. The van der Waals surface area contributed by atoms with Gasteiger partial charge >= 0.3 is 0 Å². The van der Waals surface area contributed by atoms with Crippen molar-refractivity contribution < 1.29 is 0 Å². The van der Waals surface area contributed by atoms with E-state index in [9.17, 15) is 0 Å². The largest absolute Gasteiger partial charge is 0.316 e. The number of hydrogen-bond donors (Lipinski definition) is 1. The first-order chi connectivity index (χ1) is 8.29. The lowest BCUT2D eigenvalue weighted by molar-refractivity contribution is 0.817. The van der Waals surface area contributed by atoms with Crippen LogP contribution >= 0.6 is 11.6 Å². The molecule has 0 fully saturated rings. The van der Waals surface area contributed by atoms with Gasteiger partial charge in [-0.2, -0.15) is 0 Å². The minimum Gasteiger partial charge on any atom is -0.316 e. The summed E-state index contributed by atoms with van der Waals surface area (Å²) in [5, 5.41) is 3.93. The first kappa shape index (κ1) is 12.1. The van der Waals surface area contributed by atoms with Crippen LogP contribution < -0.4 is 5.32 Å². The molecule has 0 bridgehead atoms. The highest BCUT2D eigenvalue weighted by atomic mass is 35.5. The van der Waals surface area contributed by atoms with E-state index in [4.69, 9.17) is 11.6 Å². The minimum atomic E-state index is 0.800. The second-order valence-electron chi connectivity index (χ2n) is 3.99. The maximum absolute atomic E-state index is 6.22. The van der Waals surface area contributed by atoms with Crippen LogP contribution in [0.15, 0.2) is 42.7 Å². The molecule has 0 aliphatic heterocycles. The number of benzene rings is 1. The molecule has 0 radical (unpaired) electrons. The summed E-state index contributed by atoms with van der Waals surface area (Å²) < 4.78 is 0. The number of pyridine rings is 1. The molecule has 0 atom stereocenters. The van der Waals surface area contributed by atoms with Gasteiger partial charge in [0.1, 0.15) is 0 Å². The summed E-state index contributed by atoms with van der Waals surface area (Å²) in [5.41, 5.74) is 3.60. The summed E-state index contributed by atoms with van der Waals surface area (Å²) in [4.78, 5) is 4.01. The van der Waals surface area contributed by atoms with Crippen LogP contribution in [0.2, 0.25) is 5.02 Å². The van der Waals surface area contributed by atoms with Crippen LogP contribution in [-0.2, 0) is 13.0 Å². The highest BCUT2D eigenvalue weighted by Crippen LogP contribution is 2.19. The maximum atomic E-state index is 6.22. The van der Waals surface area contributed by atoms with Crippen molar-refractivity contribution in [1.82, 2.24) is 10.3 Å². The fourth-order valence-electron chi connectivity index (χ4n) is 1.77. The van der Waals surface area contributed by atoms with E-state index in [-0.39, 0.29) is 0 Å². The Kier molecular flexibility index (Phi) is 4.13. The summed E-state index contributed by atoms with van der Waals surface area (Å²) in [6.07, 6.45) is 4.51. The average Bonchev–Trinajstić information content (AvgIpc) is 2.34. The van der Waals surface area contributed by atoms with E-state index in [2.05, 4.69) is 22.4 Å². The van der Waals surface area contributed by atoms with Gasteiger partial charge in [0, 0.05) is 24.0 Å². The monoisotopic (exact) mass is 246 g/mol. The van der Waals surface area contributed by atoms with Crippen molar-refractivity contribution >= 4 is 11.6 Å². The SMILES string of the molecule is CNCc1ccc(Cc2ccncc2)cc1Cl. The van der Waals surface area contributed by atoms with Crippen LogP contribution in [0, 0.1) is 0 Å². The summed E-state index contributed by atoms with van der Waals surface area (Å²) in [7, 11) is 1.92. The second kappa shape index (κ2) is 5.80. The molecule has 1 aromatic carbocycles. The van der Waals surface area contributed by atoms with Gasteiger partial charge in [0.25, 0.3) is 0 Å². The molecule has 0 aliphatic rings. The number of nitrogens with zero attached hydrogens (tertiary/aromatic N) is 1. The van der Waals surface area contributed by atoms with Gasteiger partial charge in [-0.1, -0.05) is 23.7 Å². The quantitative estimate of drug-likeness (QED) is 0.897. The fraction of sp³-hybridized carbons (Fsp3) is 0.214. The van der Waals surface area contributed by atoms with E-state index in [0.29, 0.717) is 0 Å². The Labute approximate surface area is 107 Å². The molecule has 1 heterocycles. The Bertz CT molecular complexity index is 483. The van der Waals surface area contributed by atoms with Gasteiger partial charge in [0.2, 0.25) is 0 Å². The van der Waals surface area contributed by atoms with Gasteiger partial charge in [-0.3, -0.25) is 4.98 Å². The van der Waals surface area contributed by atoms with Crippen LogP contribution in [0.25, 0.3) is 0 Å². The third-order valence-corrected chi connectivity index (χ3v) is 2.99. The smallest absolute Gasteiger partial charge is 0.0453 e. The van der Waals surface area contributed by atoms with E-state index in [1.807, 2.05) is 37.6 Å². The van der Waals surface area contributed by atoms with Gasteiger partial charge < -0.3 is 5.32 Å². The summed E-state index contributed by atoms with van der Waals surface area (Å²) in [6, 6.07) is 10.3.